The molecular formula is C8H17N. The van der Waals surface area contributed by atoms with E-state index in [1.54, 1.807) is 0 Å². The molecule has 9 heavy (non-hydrogen) atoms. The molecule has 0 aliphatic carbocycles. The minimum absolute atomic E-state index is 0.620. The summed E-state index contributed by atoms with van der Waals surface area (Å²) >= 11 is 0. The number of nitrogens with zero attached hydrogens (tertiary/aromatic N) is 1. The molecule has 1 fully saturated rings. The van der Waals surface area contributed by atoms with Crippen molar-refractivity contribution in [2.45, 2.75) is 20.8 Å². The zero-order valence-electron chi connectivity index (χ0n) is 6.94. The van der Waals surface area contributed by atoms with Gasteiger partial charge in [-0.25, -0.2) is 0 Å². The summed E-state index contributed by atoms with van der Waals surface area (Å²) < 4.78 is 0. The quantitative estimate of drug-likeness (QED) is 0.517. The third-order valence-electron chi connectivity index (χ3n) is 2.66. The summed E-state index contributed by atoms with van der Waals surface area (Å²) in [6.07, 6.45) is 0. The molecule has 0 bridgehead atoms. The fourth-order valence-electron chi connectivity index (χ4n) is 1.55. The first kappa shape index (κ1) is 7.07. The third kappa shape index (κ3) is 1.11. The maximum absolute atomic E-state index is 2.38. The monoisotopic (exact) mass is 127 g/mol. The fourth-order valence-corrected chi connectivity index (χ4v) is 1.55. The SMILES string of the molecule is CC(C)C1(C)CN(C)C1. The van der Waals surface area contributed by atoms with Gasteiger partial charge in [-0.3, -0.25) is 0 Å². The van der Waals surface area contributed by atoms with Gasteiger partial charge in [-0.2, -0.15) is 0 Å². The van der Waals surface area contributed by atoms with Crippen LogP contribution in [0.2, 0.25) is 0 Å². The average molecular weight is 127 g/mol. The smallest absolute Gasteiger partial charge is 0.00472 e. The van der Waals surface area contributed by atoms with Crippen molar-refractivity contribution < 1.29 is 0 Å². The molecule has 0 amide bonds. The molecule has 0 aromatic heterocycles. The number of hydrogen-bond acceptors (Lipinski definition) is 1. The molecule has 1 nitrogen and oxygen atoms in total. The second-order valence-corrected chi connectivity index (χ2v) is 3.98. The van der Waals surface area contributed by atoms with E-state index in [-0.39, 0.29) is 0 Å². The lowest BCUT2D eigenvalue weighted by Crippen LogP contribution is -2.55. The topological polar surface area (TPSA) is 3.24 Å². The van der Waals surface area contributed by atoms with Crippen LogP contribution in [0, 0.1) is 11.3 Å². The van der Waals surface area contributed by atoms with Crippen LogP contribution in [0.4, 0.5) is 0 Å². The Morgan fingerprint density at radius 3 is 1.89 bits per heavy atom. The maximum atomic E-state index is 2.38. The summed E-state index contributed by atoms with van der Waals surface area (Å²) in [7, 11) is 2.18. The second kappa shape index (κ2) is 1.98. The van der Waals surface area contributed by atoms with Gasteiger partial charge in [0.15, 0.2) is 0 Å². The van der Waals surface area contributed by atoms with Crippen molar-refractivity contribution in [1.82, 2.24) is 4.90 Å². The normalized spacial score (nSPS) is 26.3. The summed E-state index contributed by atoms with van der Waals surface area (Å²) in [6.45, 7) is 9.56. The van der Waals surface area contributed by atoms with Crippen LogP contribution in [0.5, 0.6) is 0 Å². The molecule has 0 unspecified atom stereocenters. The molecule has 0 atom stereocenters. The molecule has 1 aliphatic rings. The van der Waals surface area contributed by atoms with E-state index in [0.717, 1.165) is 5.92 Å². The lowest BCUT2D eigenvalue weighted by atomic mass is 9.73. The summed E-state index contributed by atoms with van der Waals surface area (Å²) in [5.74, 6) is 0.841. The number of rotatable bonds is 1. The Morgan fingerprint density at radius 2 is 1.78 bits per heavy atom. The molecular weight excluding hydrogens is 110 g/mol. The van der Waals surface area contributed by atoms with E-state index in [2.05, 4.69) is 32.7 Å². The molecule has 0 saturated carbocycles. The van der Waals surface area contributed by atoms with Crippen LogP contribution in [0.15, 0.2) is 0 Å². The molecule has 1 heterocycles. The van der Waals surface area contributed by atoms with E-state index in [9.17, 15) is 0 Å². The van der Waals surface area contributed by atoms with Gasteiger partial charge in [0.1, 0.15) is 0 Å². The largest absolute Gasteiger partial charge is 0.305 e. The first-order chi connectivity index (χ1) is 4.04. The summed E-state index contributed by atoms with van der Waals surface area (Å²) in [5, 5.41) is 0. The van der Waals surface area contributed by atoms with Gasteiger partial charge in [0.2, 0.25) is 0 Å². The van der Waals surface area contributed by atoms with E-state index in [1.165, 1.54) is 13.1 Å². The molecule has 54 valence electrons. The van der Waals surface area contributed by atoms with Crippen LogP contribution in [0.1, 0.15) is 20.8 Å². The minimum Gasteiger partial charge on any atom is -0.305 e. The van der Waals surface area contributed by atoms with E-state index in [1.807, 2.05) is 0 Å². The summed E-state index contributed by atoms with van der Waals surface area (Å²) in [6, 6.07) is 0. The van der Waals surface area contributed by atoms with Crippen molar-refractivity contribution in [2.24, 2.45) is 11.3 Å². The average Bonchev–Trinajstić information content (AvgIpc) is 1.62. The highest BCUT2D eigenvalue weighted by molar-refractivity contribution is 4.91. The second-order valence-electron chi connectivity index (χ2n) is 3.98. The van der Waals surface area contributed by atoms with Crippen molar-refractivity contribution in [3.63, 3.8) is 0 Å². The van der Waals surface area contributed by atoms with Gasteiger partial charge in [0, 0.05) is 13.1 Å². The Kier molecular flexibility index (Phi) is 1.55. The van der Waals surface area contributed by atoms with Crippen molar-refractivity contribution >= 4 is 0 Å². The lowest BCUT2D eigenvalue weighted by Gasteiger charge is -2.49. The van der Waals surface area contributed by atoms with Gasteiger partial charge in [0.25, 0.3) is 0 Å². The molecule has 1 aliphatic heterocycles. The number of hydrogen-bond donors (Lipinski definition) is 0. The van der Waals surface area contributed by atoms with Gasteiger partial charge in [-0.05, 0) is 18.4 Å². The first-order valence-corrected chi connectivity index (χ1v) is 3.73. The van der Waals surface area contributed by atoms with Gasteiger partial charge < -0.3 is 4.90 Å². The van der Waals surface area contributed by atoms with Crippen LogP contribution in [-0.2, 0) is 0 Å². The maximum Gasteiger partial charge on any atom is 0.00472 e. The summed E-state index contributed by atoms with van der Waals surface area (Å²) in [4.78, 5) is 2.38. The highest BCUT2D eigenvalue weighted by Crippen LogP contribution is 2.35. The molecule has 0 aromatic rings. The van der Waals surface area contributed by atoms with E-state index >= 15 is 0 Å². The van der Waals surface area contributed by atoms with Gasteiger partial charge in [-0.15, -0.1) is 0 Å². The number of likely N-dealkylation sites (tertiary alicyclic amines) is 1. The predicted molar refractivity (Wildman–Crippen MR) is 40.4 cm³/mol. The van der Waals surface area contributed by atoms with Crippen molar-refractivity contribution in [3.05, 3.63) is 0 Å². The molecule has 0 N–H and O–H groups in total. The predicted octanol–water partition coefficient (Wildman–Crippen LogP) is 1.59. The Bertz CT molecular complexity index is 101. The Labute approximate surface area is 58.0 Å². The minimum atomic E-state index is 0.620. The first-order valence-electron chi connectivity index (χ1n) is 3.73. The van der Waals surface area contributed by atoms with Crippen LogP contribution in [0.3, 0.4) is 0 Å². The third-order valence-corrected chi connectivity index (χ3v) is 2.66. The van der Waals surface area contributed by atoms with Crippen LogP contribution < -0.4 is 0 Å². The molecule has 0 aromatic carbocycles. The van der Waals surface area contributed by atoms with Crippen molar-refractivity contribution in [2.75, 3.05) is 20.1 Å². The molecule has 1 rings (SSSR count). The van der Waals surface area contributed by atoms with Gasteiger partial charge >= 0.3 is 0 Å². The fraction of sp³-hybridized carbons (Fsp3) is 1.00. The Balaban J connectivity index is 2.40. The van der Waals surface area contributed by atoms with Gasteiger partial charge in [-0.1, -0.05) is 20.8 Å². The van der Waals surface area contributed by atoms with Crippen molar-refractivity contribution in [3.8, 4) is 0 Å². The van der Waals surface area contributed by atoms with Crippen molar-refractivity contribution in [1.29, 1.82) is 0 Å². The molecule has 0 spiro atoms. The van der Waals surface area contributed by atoms with Crippen LogP contribution in [-0.4, -0.2) is 25.0 Å². The Hall–Kier alpha value is -0.0400. The van der Waals surface area contributed by atoms with Crippen LogP contribution >= 0.6 is 0 Å². The zero-order valence-corrected chi connectivity index (χ0v) is 6.94. The van der Waals surface area contributed by atoms with E-state index in [0.29, 0.717) is 5.41 Å². The Morgan fingerprint density at radius 1 is 1.33 bits per heavy atom. The van der Waals surface area contributed by atoms with Gasteiger partial charge in [0.05, 0.1) is 0 Å². The van der Waals surface area contributed by atoms with E-state index in [4.69, 9.17) is 0 Å². The zero-order chi connectivity index (χ0) is 7.07. The lowest BCUT2D eigenvalue weighted by molar-refractivity contribution is -0.00110. The molecule has 0 radical (unpaired) electrons. The standard InChI is InChI=1S/C8H17N/c1-7(2)8(3)5-9(4)6-8/h7H,5-6H2,1-4H3. The summed E-state index contributed by atoms with van der Waals surface area (Å²) in [5.41, 5.74) is 0.620. The van der Waals surface area contributed by atoms with E-state index < -0.39 is 0 Å². The molecule has 1 saturated heterocycles. The highest BCUT2D eigenvalue weighted by atomic mass is 15.2. The molecule has 1 heteroatoms. The van der Waals surface area contributed by atoms with Crippen LogP contribution in [0.25, 0.3) is 0 Å². The highest BCUT2D eigenvalue weighted by Gasteiger charge is 2.38.